The van der Waals surface area contributed by atoms with Gasteiger partial charge in [0.25, 0.3) is 0 Å². The zero-order valence-electron chi connectivity index (χ0n) is 18.5. The molecule has 1 aliphatic rings. The maximum Gasteiger partial charge on any atom is 4.00 e. The summed E-state index contributed by atoms with van der Waals surface area (Å²) in [5.74, 6) is 0.513. The molecule has 0 amide bonds. The molecule has 0 nitrogen and oxygen atoms in total. The molecule has 0 bridgehead atoms. The van der Waals surface area contributed by atoms with Crippen molar-refractivity contribution in [3.05, 3.63) is 82.4 Å². The van der Waals surface area contributed by atoms with E-state index in [1.807, 2.05) is 0 Å². The first-order chi connectivity index (χ1) is 13.1. The van der Waals surface area contributed by atoms with E-state index in [0.717, 1.165) is 0 Å². The Kier molecular flexibility index (Phi) is 13.0. The Labute approximate surface area is 223 Å². The van der Waals surface area contributed by atoms with E-state index >= 15 is 0 Å². The fourth-order valence-electron chi connectivity index (χ4n) is 4.40. The van der Waals surface area contributed by atoms with Gasteiger partial charge in [-0.25, -0.2) is 0 Å². The summed E-state index contributed by atoms with van der Waals surface area (Å²) >= 11 is 0. The molecule has 0 saturated carbocycles. The van der Waals surface area contributed by atoms with E-state index in [1.54, 1.807) is 0 Å². The van der Waals surface area contributed by atoms with Gasteiger partial charge in [0.1, 0.15) is 0 Å². The molecule has 3 aromatic carbocycles. The third-order valence-electron chi connectivity index (χ3n) is 5.62. The van der Waals surface area contributed by atoms with Crippen LogP contribution in [0.1, 0.15) is 59.9 Å². The second-order valence-corrected chi connectivity index (χ2v) is 9.27. The number of hydrogen-bond acceptors (Lipinski definition) is 0. The molecule has 160 valence electrons. The molecule has 3 aromatic rings. The van der Waals surface area contributed by atoms with E-state index in [2.05, 4.69) is 82.3 Å². The minimum Gasteiger partial charge on any atom is -1.00 e. The summed E-state index contributed by atoms with van der Waals surface area (Å²) in [6.45, 7) is 8.92. The fraction of sp³-hybridized carbons (Fsp3) is 0.308. The molecule has 1 unspecified atom stereocenters. The molecular weight excluding hydrogens is 495 g/mol. The number of unbranched alkanes of at least 4 members (excludes halogenated alkanes) is 1. The second-order valence-electron chi connectivity index (χ2n) is 7.94. The van der Waals surface area contributed by atoms with Crippen molar-refractivity contribution in [2.75, 3.05) is 0 Å². The number of fused-ring (bicyclic) bond motifs is 3. The third kappa shape index (κ3) is 6.50. The van der Waals surface area contributed by atoms with Crippen molar-refractivity contribution in [3.63, 3.8) is 0 Å². The molecular formula is C26H27Cl3SiTi. The molecule has 1 atom stereocenters. The Morgan fingerprint density at radius 3 is 2.16 bits per heavy atom. The van der Waals surface area contributed by atoms with E-state index < -0.39 is 0 Å². The van der Waals surface area contributed by atoms with E-state index in [-0.39, 0.29) is 58.9 Å². The predicted molar refractivity (Wildman–Crippen MR) is 118 cm³/mol. The summed E-state index contributed by atoms with van der Waals surface area (Å²) in [7, 11) is 0.675. The first-order valence-corrected chi connectivity index (χ1v) is 11.1. The minimum atomic E-state index is 0. The summed E-state index contributed by atoms with van der Waals surface area (Å²) in [6, 6.07) is 22.2. The normalized spacial score (nSPS) is 13.0. The first-order valence-electron chi connectivity index (χ1n) is 10.1. The fourth-order valence-corrected chi connectivity index (χ4v) is 5.75. The van der Waals surface area contributed by atoms with Gasteiger partial charge in [0.15, 0.2) is 0 Å². The standard InChI is InChI=1S/C26H27Si.3ClH.Ti/c1-5-6-9-22-21-10-7-8-11-23(21)24-15-19(4)26(16-25(22)24)27-20-13-17(2)12-18(3)14-20;;;;/h7-8,10-15,22H,5-6,9H2,1-4H3;3*1H;/q-1;;;;+4/p-3. The number of halogens is 3. The molecule has 0 spiro atoms. The van der Waals surface area contributed by atoms with E-state index in [4.69, 9.17) is 0 Å². The zero-order valence-corrected chi connectivity index (χ0v) is 23.3. The maximum atomic E-state index is 3.90. The van der Waals surface area contributed by atoms with Gasteiger partial charge < -0.3 is 37.2 Å². The Morgan fingerprint density at radius 2 is 1.52 bits per heavy atom. The number of hydrogen-bond donors (Lipinski definition) is 0. The van der Waals surface area contributed by atoms with Crippen molar-refractivity contribution in [3.8, 4) is 11.1 Å². The largest absolute Gasteiger partial charge is 4.00 e. The van der Waals surface area contributed by atoms with Crippen molar-refractivity contribution >= 4 is 19.9 Å². The molecule has 0 aromatic heterocycles. The van der Waals surface area contributed by atoms with Crippen LogP contribution in [0.3, 0.4) is 0 Å². The van der Waals surface area contributed by atoms with Crippen molar-refractivity contribution < 1.29 is 58.9 Å². The van der Waals surface area contributed by atoms with Crippen molar-refractivity contribution in [1.29, 1.82) is 0 Å². The van der Waals surface area contributed by atoms with Crippen LogP contribution in [0.4, 0.5) is 0 Å². The van der Waals surface area contributed by atoms with Crippen LogP contribution in [0, 0.1) is 26.8 Å². The molecule has 0 fully saturated rings. The van der Waals surface area contributed by atoms with E-state index in [1.165, 1.54) is 68.6 Å². The second kappa shape index (κ2) is 13.2. The van der Waals surface area contributed by atoms with Crippen molar-refractivity contribution in [2.45, 2.75) is 52.9 Å². The average Bonchev–Trinajstić information content (AvgIpc) is 2.92. The average molecular weight is 522 g/mol. The number of benzene rings is 3. The first kappa shape index (κ1) is 30.5. The van der Waals surface area contributed by atoms with Crippen LogP contribution in [0.5, 0.6) is 0 Å². The van der Waals surface area contributed by atoms with Gasteiger partial charge in [-0.05, 0) is 31.7 Å². The van der Waals surface area contributed by atoms with Crippen LogP contribution in [0.25, 0.3) is 11.1 Å². The van der Waals surface area contributed by atoms with Crippen LogP contribution < -0.4 is 47.6 Å². The summed E-state index contributed by atoms with van der Waals surface area (Å²) in [4.78, 5) is 0. The summed E-state index contributed by atoms with van der Waals surface area (Å²) < 4.78 is 0. The molecule has 0 N–H and O–H groups in total. The van der Waals surface area contributed by atoms with Crippen LogP contribution in [0.2, 0.25) is 0 Å². The summed E-state index contributed by atoms with van der Waals surface area (Å²) in [6.07, 6.45) is 3.75. The van der Waals surface area contributed by atoms with Gasteiger partial charge in [-0.2, -0.15) is 22.9 Å². The molecule has 2 radical (unpaired) electrons. The number of aryl methyl sites for hydroxylation is 3. The van der Waals surface area contributed by atoms with Gasteiger partial charge in [-0.3, -0.25) is 0 Å². The summed E-state index contributed by atoms with van der Waals surface area (Å²) in [5.41, 5.74) is 9.85. The Hall–Kier alpha value is -0.539. The maximum absolute atomic E-state index is 3.90. The van der Waals surface area contributed by atoms with Crippen LogP contribution in [0.15, 0.2) is 48.5 Å². The van der Waals surface area contributed by atoms with Gasteiger partial charge in [0, 0.05) is 0 Å². The molecule has 0 heterocycles. The van der Waals surface area contributed by atoms with Crippen molar-refractivity contribution in [1.82, 2.24) is 0 Å². The SMILES string of the molecule is CCCCC1c2[c-]c([Si]c3cc(C)cc(C)c3)c(C)cc2-c2ccccc21.[Cl-].[Cl-].[Cl-].[Ti+4]. The van der Waals surface area contributed by atoms with E-state index in [0.29, 0.717) is 15.4 Å². The van der Waals surface area contributed by atoms with Gasteiger partial charge in [0.05, 0.1) is 9.52 Å². The number of rotatable bonds is 5. The smallest absolute Gasteiger partial charge is 1.00 e. The molecule has 0 saturated heterocycles. The molecule has 5 heteroatoms. The van der Waals surface area contributed by atoms with Gasteiger partial charge in [-0.15, -0.1) is 11.1 Å². The molecule has 31 heavy (non-hydrogen) atoms. The van der Waals surface area contributed by atoms with Crippen LogP contribution in [-0.4, -0.2) is 9.52 Å². The van der Waals surface area contributed by atoms with Gasteiger partial charge >= 0.3 is 21.7 Å². The Morgan fingerprint density at radius 1 is 0.871 bits per heavy atom. The summed E-state index contributed by atoms with van der Waals surface area (Å²) in [5, 5.41) is 2.81. The molecule has 0 aliphatic heterocycles. The Bertz CT molecular complexity index is 984. The van der Waals surface area contributed by atoms with Crippen LogP contribution >= 0.6 is 0 Å². The quantitative estimate of drug-likeness (QED) is 0.240. The minimum absolute atomic E-state index is 0. The third-order valence-corrected chi connectivity index (χ3v) is 6.96. The Balaban J connectivity index is 0.00000225. The van der Waals surface area contributed by atoms with Crippen molar-refractivity contribution in [2.24, 2.45) is 0 Å². The van der Waals surface area contributed by atoms with Gasteiger partial charge in [0.2, 0.25) is 0 Å². The topological polar surface area (TPSA) is 0 Å². The monoisotopic (exact) mass is 520 g/mol. The molecule has 4 rings (SSSR count). The van der Waals surface area contributed by atoms with Crippen LogP contribution in [-0.2, 0) is 21.7 Å². The van der Waals surface area contributed by atoms with Gasteiger partial charge in [-0.1, -0.05) is 91.0 Å². The molecule has 1 aliphatic carbocycles. The predicted octanol–water partition coefficient (Wildman–Crippen LogP) is -3.62. The van der Waals surface area contributed by atoms with E-state index in [9.17, 15) is 0 Å². The zero-order chi connectivity index (χ0) is 19.0.